The Morgan fingerprint density at radius 2 is 1.83 bits per heavy atom. The van der Waals surface area contributed by atoms with Gasteiger partial charge >= 0.3 is 0 Å². The largest absolute Gasteiger partial charge is 0.396 e. The lowest BCUT2D eigenvalue weighted by Crippen LogP contribution is -2.29. The summed E-state index contributed by atoms with van der Waals surface area (Å²) in [5.41, 5.74) is 1.86. The second-order valence-corrected chi connectivity index (χ2v) is 7.28. The van der Waals surface area contributed by atoms with Gasteiger partial charge in [0.1, 0.15) is 0 Å². The maximum absolute atomic E-state index is 12.2. The smallest absolute Gasteiger partial charge is 0.251 e. The fourth-order valence-corrected chi connectivity index (χ4v) is 2.93. The quantitative estimate of drug-likeness (QED) is 0.759. The molecular formula is C19H30N2O2. The fraction of sp³-hybridized carbons (Fsp3) is 0.632. The molecule has 0 radical (unpaired) electrons. The molecule has 0 spiro atoms. The molecule has 2 N–H and O–H groups in total. The number of nitrogens with one attached hydrogen (secondary N) is 1. The molecular weight excluding hydrogens is 288 g/mol. The number of piperidine rings is 1. The minimum absolute atomic E-state index is 0.0167. The van der Waals surface area contributed by atoms with Crippen molar-refractivity contribution in [1.82, 2.24) is 5.32 Å². The molecule has 0 aliphatic carbocycles. The lowest BCUT2D eigenvalue weighted by Gasteiger charge is -2.28. The normalized spacial score (nSPS) is 15.5. The maximum Gasteiger partial charge on any atom is 0.251 e. The van der Waals surface area contributed by atoms with Gasteiger partial charge in [0.05, 0.1) is 0 Å². The Kier molecular flexibility index (Phi) is 6.46. The van der Waals surface area contributed by atoms with Crippen LogP contribution in [-0.4, -0.2) is 37.3 Å². The van der Waals surface area contributed by atoms with Gasteiger partial charge in [0.25, 0.3) is 5.91 Å². The number of hydrogen-bond donors (Lipinski definition) is 2. The summed E-state index contributed by atoms with van der Waals surface area (Å²) in [6, 6.07) is 7.93. The number of benzene rings is 1. The van der Waals surface area contributed by atoms with Gasteiger partial charge in [-0.15, -0.1) is 0 Å². The van der Waals surface area contributed by atoms with E-state index in [0.29, 0.717) is 12.1 Å². The van der Waals surface area contributed by atoms with Gasteiger partial charge < -0.3 is 15.3 Å². The van der Waals surface area contributed by atoms with Crippen LogP contribution in [0, 0.1) is 5.41 Å². The van der Waals surface area contributed by atoms with Gasteiger partial charge in [-0.2, -0.15) is 0 Å². The van der Waals surface area contributed by atoms with E-state index in [1.807, 2.05) is 26.0 Å². The number of aliphatic hydroxyl groups is 1. The van der Waals surface area contributed by atoms with E-state index in [1.165, 1.54) is 24.9 Å². The zero-order valence-electron chi connectivity index (χ0n) is 14.5. The molecule has 128 valence electrons. The second kappa shape index (κ2) is 8.34. The Morgan fingerprint density at radius 1 is 1.17 bits per heavy atom. The van der Waals surface area contributed by atoms with Gasteiger partial charge in [-0.05, 0) is 61.8 Å². The summed E-state index contributed by atoms with van der Waals surface area (Å²) in [4.78, 5) is 14.5. The lowest BCUT2D eigenvalue weighted by atomic mass is 9.89. The molecule has 1 aromatic carbocycles. The number of amides is 1. The van der Waals surface area contributed by atoms with Crippen LogP contribution in [0.5, 0.6) is 0 Å². The third-order valence-corrected chi connectivity index (χ3v) is 4.59. The van der Waals surface area contributed by atoms with Crippen molar-refractivity contribution in [1.29, 1.82) is 0 Å². The molecule has 1 saturated heterocycles. The Labute approximate surface area is 139 Å². The lowest BCUT2D eigenvalue weighted by molar-refractivity contribution is 0.0948. The summed E-state index contributed by atoms with van der Waals surface area (Å²) in [7, 11) is 0. The van der Waals surface area contributed by atoms with Crippen LogP contribution in [0.4, 0.5) is 5.69 Å². The Bertz CT molecular complexity index is 491. The third-order valence-electron chi connectivity index (χ3n) is 4.59. The molecule has 1 aliphatic rings. The van der Waals surface area contributed by atoms with Crippen LogP contribution in [0.2, 0.25) is 0 Å². The second-order valence-electron chi connectivity index (χ2n) is 7.28. The predicted molar refractivity (Wildman–Crippen MR) is 94.9 cm³/mol. The average molecular weight is 318 g/mol. The summed E-state index contributed by atoms with van der Waals surface area (Å²) in [5.74, 6) is -0.0167. The first-order chi connectivity index (χ1) is 11.0. The third kappa shape index (κ3) is 5.54. The Morgan fingerprint density at radius 3 is 2.43 bits per heavy atom. The monoisotopic (exact) mass is 318 g/mol. The zero-order valence-corrected chi connectivity index (χ0v) is 14.5. The van der Waals surface area contributed by atoms with E-state index < -0.39 is 0 Å². The summed E-state index contributed by atoms with van der Waals surface area (Å²) in [6.07, 6.45) is 5.62. The Balaban J connectivity index is 1.78. The molecule has 2 rings (SSSR count). The molecule has 1 amide bonds. The zero-order chi connectivity index (χ0) is 16.7. The van der Waals surface area contributed by atoms with Crippen LogP contribution >= 0.6 is 0 Å². The highest BCUT2D eigenvalue weighted by Gasteiger charge is 2.16. The van der Waals surface area contributed by atoms with Crippen molar-refractivity contribution < 1.29 is 9.90 Å². The molecule has 0 unspecified atom stereocenters. The summed E-state index contributed by atoms with van der Waals surface area (Å²) in [6.45, 7) is 7.13. The Hall–Kier alpha value is -1.55. The van der Waals surface area contributed by atoms with E-state index >= 15 is 0 Å². The van der Waals surface area contributed by atoms with Gasteiger partial charge in [-0.3, -0.25) is 4.79 Å². The van der Waals surface area contributed by atoms with Crippen molar-refractivity contribution in [3.05, 3.63) is 29.8 Å². The predicted octanol–water partition coefficient (Wildman–Crippen LogP) is 3.21. The van der Waals surface area contributed by atoms with Crippen LogP contribution in [0.15, 0.2) is 24.3 Å². The van der Waals surface area contributed by atoms with E-state index in [1.54, 1.807) is 0 Å². The molecule has 1 heterocycles. The van der Waals surface area contributed by atoms with Gasteiger partial charge in [0.2, 0.25) is 0 Å². The standard InChI is InChI=1S/C19H30N2O2/c1-19(2,15-22)11-6-12-20-18(23)16-7-9-17(10-8-16)21-13-4-3-5-14-21/h7-10,22H,3-6,11-15H2,1-2H3,(H,20,23). The van der Waals surface area contributed by atoms with Crippen LogP contribution < -0.4 is 10.2 Å². The molecule has 1 aromatic rings. The van der Waals surface area contributed by atoms with E-state index in [2.05, 4.69) is 22.3 Å². The van der Waals surface area contributed by atoms with Crippen molar-refractivity contribution in [3.63, 3.8) is 0 Å². The van der Waals surface area contributed by atoms with Crippen molar-refractivity contribution in [2.75, 3.05) is 31.1 Å². The first-order valence-corrected chi connectivity index (χ1v) is 8.76. The number of hydrogen-bond acceptors (Lipinski definition) is 3. The van der Waals surface area contributed by atoms with E-state index in [0.717, 1.165) is 25.9 Å². The fourth-order valence-electron chi connectivity index (χ4n) is 2.93. The van der Waals surface area contributed by atoms with E-state index in [9.17, 15) is 9.90 Å². The van der Waals surface area contributed by atoms with E-state index in [-0.39, 0.29) is 17.9 Å². The highest BCUT2D eigenvalue weighted by Crippen LogP contribution is 2.21. The van der Waals surface area contributed by atoms with Gasteiger partial charge in [0.15, 0.2) is 0 Å². The molecule has 1 fully saturated rings. The maximum atomic E-state index is 12.2. The number of aliphatic hydroxyl groups excluding tert-OH is 1. The highest BCUT2D eigenvalue weighted by atomic mass is 16.3. The number of anilines is 1. The van der Waals surface area contributed by atoms with Crippen molar-refractivity contribution in [2.45, 2.75) is 46.0 Å². The van der Waals surface area contributed by atoms with Crippen LogP contribution in [0.1, 0.15) is 56.3 Å². The van der Waals surface area contributed by atoms with E-state index in [4.69, 9.17) is 0 Å². The van der Waals surface area contributed by atoms with Crippen LogP contribution in [0.3, 0.4) is 0 Å². The highest BCUT2D eigenvalue weighted by molar-refractivity contribution is 5.94. The molecule has 23 heavy (non-hydrogen) atoms. The molecule has 1 aliphatic heterocycles. The minimum atomic E-state index is -0.0686. The number of nitrogens with zero attached hydrogens (tertiary/aromatic N) is 1. The summed E-state index contributed by atoms with van der Waals surface area (Å²) < 4.78 is 0. The molecule has 4 nitrogen and oxygen atoms in total. The first-order valence-electron chi connectivity index (χ1n) is 8.76. The first kappa shape index (κ1) is 17.8. The molecule has 0 saturated carbocycles. The summed E-state index contributed by atoms with van der Waals surface area (Å²) in [5, 5.41) is 12.2. The van der Waals surface area contributed by atoms with Crippen molar-refractivity contribution in [3.8, 4) is 0 Å². The topological polar surface area (TPSA) is 52.6 Å². The van der Waals surface area contributed by atoms with Gasteiger partial charge in [-0.25, -0.2) is 0 Å². The minimum Gasteiger partial charge on any atom is -0.396 e. The molecule has 0 atom stereocenters. The van der Waals surface area contributed by atoms with Crippen molar-refractivity contribution >= 4 is 11.6 Å². The molecule has 4 heteroatoms. The summed E-state index contributed by atoms with van der Waals surface area (Å²) >= 11 is 0. The number of carbonyl (C=O) groups is 1. The van der Waals surface area contributed by atoms with Gasteiger partial charge in [-0.1, -0.05) is 13.8 Å². The van der Waals surface area contributed by atoms with Crippen molar-refractivity contribution in [2.24, 2.45) is 5.41 Å². The van der Waals surface area contributed by atoms with Gasteiger partial charge in [0, 0.05) is 37.5 Å². The van der Waals surface area contributed by atoms with Crippen LogP contribution in [0.25, 0.3) is 0 Å². The average Bonchev–Trinajstić information content (AvgIpc) is 2.59. The number of carbonyl (C=O) groups excluding carboxylic acids is 1. The molecule has 0 bridgehead atoms. The molecule has 0 aromatic heterocycles. The van der Waals surface area contributed by atoms with Crippen LogP contribution in [-0.2, 0) is 0 Å². The SMILES string of the molecule is CC(C)(CO)CCCNC(=O)c1ccc(N2CCCCC2)cc1. The number of rotatable bonds is 7.